The van der Waals surface area contributed by atoms with Crippen molar-refractivity contribution in [1.82, 2.24) is 10.2 Å². The van der Waals surface area contributed by atoms with Crippen LogP contribution in [0.1, 0.15) is 13.8 Å². The van der Waals surface area contributed by atoms with Crippen molar-refractivity contribution in [3.8, 4) is 0 Å². The van der Waals surface area contributed by atoms with Gasteiger partial charge in [0.1, 0.15) is 17.2 Å². The lowest BCUT2D eigenvalue weighted by Crippen LogP contribution is -2.68. The van der Waals surface area contributed by atoms with Crippen molar-refractivity contribution in [1.29, 1.82) is 0 Å². The van der Waals surface area contributed by atoms with E-state index in [0.717, 1.165) is 4.90 Å². The molecule has 0 aromatic rings. The summed E-state index contributed by atoms with van der Waals surface area (Å²) in [5.41, 5.74) is -0.766. The van der Waals surface area contributed by atoms with Crippen LogP contribution in [0.15, 0.2) is 11.3 Å². The zero-order valence-corrected chi connectivity index (χ0v) is 11.5. The number of carbonyl (C=O) groups is 3. The van der Waals surface area contributed by atoms with E-state index in [0.29, 0.717) is 5.57 Å². The van der Waals surface area contributed by atoms with Crippen LogP contribution in [0.5, 0.6) is 0 Å². The van der Waals surface area contributed by atoms with Crippen LogP contribution in [-0.4, -0.2) is 53.0 Å². The van der Waals surface area contributed by atoms with Gasteiger partial charge in [-0.25, -0.2) is 4.79 Å². The maximum atomic E-state index is 11.9. The summed E-state index contributed by atoms with van der Waals surface area (Å²) < 4.78 is 4.84. The number of ether oxygens (including phenoxy) is 1. The van der Waals surface area contributed by atoms with Gasteiger partial charge in [0.15, 0.2) is 0 Å². The standard InChI is InChI=1S/C11H15ClN2O5/c1-5(4-19-3)8(11(17)18)14-9(12)7(10(14)16)13-6(2)15/h7,9H,4H2,1-3H3,(H,13,15)(H,17,18). The predicted molar refractivity (Wildman–Crippen MR) is 66.3 cm³/mol. The van der Waals surface area contributed by atoms with E-state index < -0.39 is 29.3 Å². The van der Waals surface area contributed by atoms with Gasteiger partial charge in [-0.15, -0.1) is 0 Å². The molecule has 1 fully saturated rings. The van der Waals surface area contributed by atoms with E-state index in [4.69, 9.17) is 21.4 Å². The highest BCUT2D eigenvalue weighted by molar-refractivity contribution is 6.27. The molecule has 106 valence electrons. The molecule has 0 saturated carbocycles. The third-order valence-corrected chi connectivity index (χ3v) is 3.04. The largest absolute Gasteiger partial charge is 0.477 e. The van der Waals surface area contributed by atoms with Crippen LogP contribution < -0.4 is 5.32 Å². The highest BCUT2D eigenvalue weighted by Crippen LogP contribution is 2.30. The number of halogens is 1. The molecule has 7 nitrogen and oxygen atoms in total. The molecule has 0 aromatic carbocycles. The number of nitrogens with zero attached hydrogens (tertiary/aromatic N) is 1. The van der Waals surface area contributed by atoms with Gasteiger partial charge in [0.25, 0.3) is 5.91 Å². The molecule has 0 spiro atoms. The quantitative estimate of drug-likeness (QED) is 0.319. The van der Waals surface area contributed by atoms with Crippen molar-refractivity contribution in [2.45, 2.75) is 25.4 Å². The first-order valence-electron chi connectivity index (χ1n) is 5.47. The minimum absolute atomic E-state index is 0.0693. The van der Waals surface area contributed by atoms with Gasteiger partial charge in [0.05, 0.1) is 6.61 Å². The summed E-state index contributed by atoms with van der Waals surface area (Å²) in [4.78, 5) is 34.9. The molecule has 2 atom stereocenters. The van der Waals surface area contributed by atoms with E-state index >= 15 is 0 Å². The number of alkyl halides is 1. The Hall–Kier alpha value is -1.60. The Morgan fingerprint density at radius 1 is 1.47 bits per heavy atom. The number of β-lactam (4-membered cyclic amide) rings is 1. The monoisotopic (exact) mass is 290 g/mol. The maximum absolute atomic E-state index is 11.9. The Morgan fingerprint density at radius 2 is 2.05 bits per heavy atom. The molecule has 2 N–H and O–H groups in total. The Balaban J connectivity index is 2.97. The summed E-state index contributed by atoms with van der Waals surface area (Å²) in [6.45, 7) is 2.86. The minimum atomic E-state index is -1.27. The number of hydrogen-bond donors (Lipinski definition) is 2. The molecule has 0 radical (unpaired) electrons. The first kappa shape index (κ1) is 15.5. The van der Waals surface area contributed by atoms with Gasteiger partial charge in [-0.2, -0.15) is 0 Å². The molecule has 1 rings (SSSR count). The number of carboxylic acids is 1. The molecule has 0 aliphatic carbocycles. The molecule has 1 heterocycles. The fourth-order valence-corrected chi connectivity index (χ4v) is 2.18. The number of rotatable bonds is 5. The molecule has 0 bridgehead atoms. The summed E-state index contributed by atoms with van der Waals surface area (Å²) in [5.74, 6) is -2.23. The zero-order chi connectivity index (χ0) is 14.7. The molecular formula is C11H15ClN2O5. The van der Waals surface area contributed by atoms with Crippen LogP contribution in [0.25, 0.3) is 0 Å². The van der Waals surface area contributed by atoms with Gasteiger partial charge >= 0.3 is 5.97 Å². The van der Waals surface area contributed by atoms with Crippen molar-refractivity contribution in [3.63, 3.8) is 0 Å². The topological polar surface area (TPSA) is 95.9 Å². The van der Waals surface area contributed by atoms with Crippen molar-refractivity contribution < 1.29 is 24.2 Å². The van der Waals surface area contributed by atoms with Crippen LogP contribution in [0.2, 0.25) is 0 Å². The van der Waals surface area contributed by atoms with Gasteiger partial charge in [0, 0.05) is 14.0 Å². The Labute approximate surface area is 115 Å². The number of carbonyl (C=O) groups excluding carboxylic acids is 2. The summed E-state index contributed by atoms with van der Waals surface area (Å²) >= 11 is 5.96. The lowest BCUT2D eigenvalue weighted by atomic mass is 10.0. The third kappa shape index (κ3) is 3.05. The summed E-state index contributed by atoms with van der Waals surface area (Å²) in [7, 11) is 1.42. The third-order valence-electron chi connectivity index (χ3n) is 2.59. The fraction of sp³-hybridized carbons (Fsp3) is 0.545. The number of methoxy groups -OCH3 is 1. The number of nitrogens with one attached hydrogen (secondary N) is 1. The zero-order valence-electron chi connectivity index (χ0n) is 10.8. The first-order valence-corrected chi connectivity index (χ1v) is 5.91. The number of hydrogen-bond acceptors (Lipinski definition) is 4. The van der Waals surface area contributed by atoms with Crippen LogP contribution in [0, 0.1) is 0 Å². The first-order chi connectivity index (χ1) is 8.81. The van der Waals surface area contributed by atoms with Crippen molar-refractivity contribution in [2.24, 2.45) is 0 Å². The average molecular weight is 291 g/mol. The molecule has 2 amide bonds. The van der Waals surface area contributed by atoms with Gasteiger partial charge in [0.2, 0.25) is 5.91 Å². The minimum Gasteiger partial charge on any atom is -0.477 e. The molecule has 1 aliphatic rings. The van der Waals surface area contributed by atoms with Gasteiger partial charge < -0.3 is 15.2 Å². The van der Waals surface area contributed by atoms with Crippen LogP contribution in [-0.2, 0) is 19.1 Å². The van der Waals surface area contributed by atoms with Crippen molar-refractivity contribution in [3.05, 3.63) is 11.3 Å². The molecular weight excluding hydrogens is 276 g/mol. The lowest BCUT2D eigenvalue weighted by molar-refractivity contribution is -0.150. The number of amides is 2. The highest BCUT2D eigenvalue weighted by Gasteiger charge is 2.50. The average Bonchev–Trinajstić information content (AvgIpc) is 2.32. The summed E-state index contributed by atoms with van der Waals surface area (Å²) in [6.07, 6.45) is 0. The van der Waals surface area contributed by atoms with E-state index in [1.807, 2.05) is 0 Å². The molecule has 2 unspecified atom stereocenters. The van der Waals surface area contributed by atoms with E-state index in [1.165, 1.54) is 21.0 Å². The maximum Gasteiger partial charge on any atom is 0.352 e. The second kappa shape index (κ2) is 6.03. The molecule has 8 heteroatoms. The Morgan fingerprint density at radius 3 is 2.42 bits per heavy atom. The second-order valence-electron chi connectivity index (χ2n) is 4.13. The fourth-order valence-electron chi connectivity index (χ4n) is 1.82. The van der Waals surface area contributed by atoms with E-state index in [1.54, 1.807) is 0 Å². The molecule has 19 heavy (non-hydrogen) atoms. The predicted octanol–water partition coefficient (Wildman–Crippen LogP) is -0.0968. The molecule has 1 aliphatic heterocycles. The van der Waals surface area contributed by atoms with Crippen LogP contribution >= 0.6 is 11.6 Å². The molecule has 1 saturated heterocycles. The summed E-state index contributed by atoms with van der Waals surface area (Å²) in [5, 5.41) is 11.5. The summed E-state index contributed by atoms with van der Waals surface area (Å²) in [6, 6.07) is -0.899. The Kier molecular flexibility index (Phi) is 4.90. The second-order valence-corrected chi connectivity index (χ2v) is 4.57. The number of likely N-dealkylation sites (tertiary alicyclic amines) is 1. The van der Waals surface area contributed by atoms with E-state index in [2.05, 4.69) is 5.32 Å². The lowest BCUT2D eigenvalue weighted by Gasteiger charge is -2.43. The molecule has 0 aromatic heterocycles. The van der Waals surface area contributed by atoms with E-state index in [-0.39, 0.29) is 12.3 Å². The number of aliphatic carboxylic acids is 1. The smallest absolute Gasteiger partial charge is 0.352 e. The van der Waals surface area contributed by atoms with Gasteiger partial charge in [-0.3, -0.25) is 14.5 Å². The van der Waals surface area contributed by atoms with Gasteiger partial charge in [-0.1, -0.05) is 11.6 Å². The van der Waals surface area contributed by atoms with Gasteiger partial charge in [-0.05, 0) is 12.5 Å². The number of carboxylic acid groups (broad SMARTS) is 1. The van der Waals surface area contributed by atoms with E-state index in [9.17, 15) is 14.4 Å². The van der Waals surface area contributed by atoms with Crippen LogP contribution in [0.3, 0.4) is 0 Å². The van der Waals surface area contributed by atoms with Crippen LogP contribution in [0.4, 0.5) is 0 Å². The normalized spacial score (nSPS) is 23.6. The van der Waals surface area contributed by atoms with Crippen molar-refractivity contribution in [2.75, 3.05) is 13.7 Å². The highest BCUT2D eigenvalue weighted by atomic mass is 35.5. The SMILES string of the molecule is COCC(C)=C(C(=O)O)N1C(=O)C(NC(C)=O)C1Cl. The Bertz CT molecular complexity index is 448. The van der Waals surface area contributed by atoms with Crippen molar-refractivity contribution >= 4 is 29.4 Å².